The maximum atomic E-state index is 12.7. The minimum absolute atomic E-state index is 0.487. The minimum atomic E-state index is -0.703. The highest BCUT2D eigenvalue weighted by Gasteiger charge is 2.41. The Morgan fingerprint density at radius 3 is 2.62 bits per heavy atom. The number of para-hydroxylation sites is 1. The molecule has 8 heteroatoms. The van der Waals surface area contributed by atoms with E-state index < -0.39 is 11.6 Å². The molecule has 1 aliphatic rings. The van der Waals surface area contributed by atoms with Gasteiger partial charge in [-0.05, 0) is 60.0 Å². The van der Waals surface area contributed by atoms with Gasteiger partial charge in [0.05, 0.1) is 5.69 Å². The number of halogens is 1. The third-order valence-corrected chi connectivity index (χ3v) is 5.71. The molecule has 1 N–H and O–H groups in total. The smallest absolute Gasteiger partial charge is 0.410 e. The predicted molar refractivity (Wildman–Crippen MR) is 109 cm³/mol. The Hall–Kier alpha value is -2.93. The molecular weight excluding hydrogens is 390 g/mol. The van der Waals surface area contributed by atoms with E-state index in [9.17, 15) is 4.79 Å². The summed E-state index contributed by atoms with van der Waals surface area (Å²) in [5.74, 6) is 1.07. The zero-order valence-electron chi connectivity index (χ0n) is 16.1. The van der Waals surface area contributed by atoms with Gasteiger partial charge in [-0.1, -0.05) is 55.1 Å². The quantitative estimate of drug-likeness (QED) is 0.679. The lowest BCUT2D eigenvalue weighted by atomic mass is 9.81. The Bertz CT molecular complexity index is 999. The van der Waals surface area contributed by atoms with Gasteiger partial charge in [-0.25, -0.2) is 4.79 Å². The van der Waals surface area contributed by atoms with Crippen LogP contribution in [0.4, 0.5) is 4.79 Å². The van der Waals surface area contributed by atoms with Crippen molar-refractivity contribution in [3.63, 3.8) is 0 Å². The van der Waals surface area contributed by atoms with Crippen LogP contribution in [0, 0.1) is 6.92 Å². The van der Waals surface area contributed by atoms with E-state index in [4.69, 9.17) is 16.3 Å². The van der Waals surface area contributed by atoms with E-state index in [0.29, 0.717) is 16.6 Å². The molecule has 7 nitrogen and oxygen atoms in total. The largest absolute Gasteiger partial charge is 0.413 e. The first-order valence-corrected chi connectivity index (χ1v) is 10.1. The highest BCUT2D eigenvalue weighted by Crippen LogP contribution is 2.37. The van der Waals surface area contributed by atoms with Gasteiger partial charge in [0.15, 0.2) is 5.82 Å². The van der Waals surface area contributed by atoms with Crippen LogP contribution in [-0.2, 0) is 5.54 Å². The van der Waals surface area contributed by atoms with E-state index in [2.05, 4.69) is 20.8 Å². The summed E-state index contributed by atoms with van der Waals surface area (Å²) in [7, 11) is 0. The molecule has 0 atom stereocenters. The molecule has 150 valence electrons. The van der Waals surface area contributed by atoms with Crippen molar-refractivity contribution in [1.29, 1.82) is 0 Å². The van der Waals surface area contributed by atoms with E-state index in [0.717, 1.165) is 43.4 Å². The van der Waals surface area contributed by atoms with Gasteiger partial charge in [0.25, 0.3) is 0 Å². The van der Waals surface area contributed by atoms with E-state index in [1.165, 1.54) is 0 Å². The number of aromatic nitrogens is 4. The van der Waals surface area contributed by atoms with Crippen LogP contribution >= 0.6 is 11.6 Å². The molecule has 29 heavy (non-hydrogen) atoms. The number of carbonyl (C=O) groups excluding carboxylic acids is 1. The molecule has 0 saturated heterocycles. The second-order valence-corrected chi connectivity index (χ2v) is 7.73. The van der Waals surface area contributed by atoms with Gasteiger partial charge in [-0.3, -0.25) is 0 Å². The molecule has 1 fully saturated rings. The van der Waals surface area contributed by atoms with Gasteiger partial charge in [-0.15, -0.1) is 5.10 Å². The van der Waals surface area contributed by atoms with Gasteiger partial charge >= 0.3 is 6.09 Å². The lowest BCUT2D eigenvalue weighted by Crippen LogP contribution is -2.50. The van der Waals surface area contributed by atoms with Crippen LogP contribution in [0.5, 0.6) is 5.75 Å². The fourth-order valence-electron chi connectivity index (χ4n) is 3.75. The van der Waals surface area contributed by atoms with Crippen molar-refractivity contribution in [2.45, 2.75) is 44.6 Å². The maximum absolute atomic E-state index is 12.7. The number of amides is 1. The van der Waals surface area contributed by atoms with Gasteiger partial charge in [0.2, 0.25) is 0 Å². The first kappa shape index (κ1) is 19.4. The van der Waals surface area contributed by atoms with Crippen molar-refractivity contribution in [3.8, 4) is 11.4 Å². The summed E-state index contributed by atoms with van der Waals surface area (Å²) in [5.41, 5.74) is 1.02. The van der Waals surface area contributed by atoms with E-state index in [1.807, 2.05) is 43.3 Å². The van der Waals surface area contributed by atoms with Crippen LogP contribution < -0.4 is 10.1 Å². The fourth-order valence-corrected chi connectivity index (χ4v) is 3.92. The number of tetrazole rings is 1. The van der Waals surface area contributed by atoms with Crippen LogP contribution in [0.15, 0.2) is 48.5 Å². The van der Waals surface area contributed by atoms with Gasteiger partial charge in [0, 0.05) is 5.02 Å². The molecule has 0 bridgehead atoms. The highest BCUT2D eigenvalue weighted by molar-refractivity contribution is 6.31. The first-order chi connectivity index (χ1) is 14.1. The van der Waals surface area contributed by atoms with Gasteiger partial charge in [-0.2, -0.15) is 4.68 Å². The summed E-state index contributed by atoms with van der Waals surface area (Å²) >= 11 is 6.31. The number of nitrogens with zero attached hydrogens (tertiary/aromatic N) is 4. The molecule has 0 radical (unpaired) electrons. The Kier molecular flexibility index (Phi) is 5.49. The van der Waals surface area contributed by atoms with Crippen molar-refractivity contribution in [2.75, 3.05) is 0 Å². The number of aryl methyl sites for hydroxylation is 1. The molecule has 1 aliphatic carbocycles. The number of carbonyl (C=O) groups is 1. The van der Waals surface area contributed by atoms with Gasteiger partial charge in [0.1, 0.15) is 11.3 Å². The third-order valence-electron chi connectivity index (χ3n) is 5.30. The highest BCUT2D eigenvalue weighted by atomic mass is 35.5. The number of hydrogen-bond acceptors (Lipinski definition) is 5. The van der Waals surface area contributed by atoms with Crippen molar-refractivity contribution < 1.29 is 9.53 Å². The van der Waals surface area contributed by atoms with Crippen molar-refractivity contribution >= 4 is 17.7 Å². The average molecular weight is 412 g/mol. The van der Waals surface area contributed by atoms with Crippen LogP contribution in [0.1, 0.15) is 43.5 Å². The molecule has 4 rings (SSSR count). The zero-order chi connectivity index (χ0) is 20.3. The van der Waals surface area contributed by atoms with E-state index >= 15 is 0 Å². The molecule has 2 aromatic carbocycles. The average Bonchev–Trinajstić information content (AvgIpc) is 3.22. The van der Waals surface area contributed by atoms with Crippen LogP contribution in [0.25, 0.3) is 5.69 Å². The second kappa shape index (κ2) is 8.21. The standard InChI is InChI=1S/C21H22ClN5O2/c1-15-10-11-16(14-18(15)22)27-19(24-25-26-27)21(12-6-3-7-13-21)23-20(28)29-17-8-4-2-5-9-17/h2,4-5,8-11,14H,3,6-7,12-13H2,1H3,(H,23,28). The number of nitrogens with one attached hydrogen (secondary N) is 1. The molecular formula is C21H22ClN5O2. The van der Waals surface area contributed by atoms with Crippen LogP contribution in [0.2, 0.25) is 5.02 Å². The third kappa shape index (κ3) is 4.10. The SMILES string of the molecule is Cc1ccc(-n2nnnc2C2(NC(=O)Oc3ccccc3)CCCCC2)cc1Cl. The van der Waals surface area contributed by atoms with Crippen molar-refractivity contribution in [1.82, 2.24) is 25.5 Å². The molecule has 1 amide bonds. The molecule has 0 unspecified atom stereocenters. The Labute approximate surface area is 174 Å². The summed E-state index contributed by atoms with van der Waals surface area (Å²) in [5, 5.41) is 16.1. The van der Waals surface area contributed by atoms with Gasteiger partial charge < -0.3 is 10.1 Å². The Morgan fingerprint density at radius 1 is 1.14 bits per heavy atom. The Balaban J connectivity index is 1.66. The lowest BCUT2D eigenvalue weighted by molar-refractivity contribution is 0.162. The van der Waals surface area contributed by atoms with Crippen molar-refractivity contribution in [2.24, 2.45) is 0 Å². The van der Waals surface area contributed by atoms with E-state index in [-0.39, 0.29) is 0 Å². The number of hydrogen-bond donors (Lipinski definition) is 1. The molecule has 1 aromatic heterocycles. The van der Waals surface area contributed by atoms with Crippen LogP contribution in [-0.4, -0.2) is 26.3 Å². The monoisotopic (exact) mass is 411 g/mol. The summed E-state index contributed by atoms with van der Waals surface area (Å²) in [6.07, 6.45) is 3.98. The second-order valence-electron chi connectivity index (χ2n) is 7.32. The summed E-state index contributed by atoms with van der Waals surface area (Å²) in [6, 6.07) is 14.7. The number of benzene rings is 2. The number of rotatable bonds is 4. The molecule has 3 aromatic rings. The summed E-state index contributed by atoms with van der Waals surface area (Å²) in [4.78, 5) is 12.7. The molecule has 1 heterocycles. The molecule has 1 saturated carbocycles. The van der Waals surface area contributed by atoms with Crippen molar-refractivity contribution in [3.05, 3.63) is 64.9 Å². The topological polar surface area (TPSA) is 81.9 Å². The van der Waals surface area contributed by atoms with Crippen LogP contribution in [0.3, 0.4) is 0 Å². The first-order valence-electron chi connectivity index (χ1n) is 9.68. The Morgan fingerprint density at radius 2 is 1.90 bits per heavy atom. The maximum Gasteiger partial charge on any atom is 0.413 e. The lowest BCUT2D eigenvalue weighted by Gasteiger charge is -2.36. The summed E-state index contributed by atoms with van der Waals surface area (Å²) in [6.45, 7) is 1.94. The molecule has 0 spiro atoms. The van der Waals surface area contributed by atoms with E-state index in [1.54, 1.807) is 16.8 Å². The predicted octanol–water partition coefficient (Wildman–Crippen LogP) is 4.57. The minimum Gasteiger partial charge on any atom is -0.410 e. The fraction of sp³-hybridized carbons (Fsp3) is 0.333. The summed E-state index contributed by atoms with van der Waals surface area (Å²) < 4.78 is 7.12. The zero-order valence-corrected chi connectivity index (χ0v) is 16.9. The number of ether oxygens (including phenoxy) is 1. The molecule has 0 aliphatic heterocycles. The normalized spacial score (nSPS) is 15.7.